The fraction of sp³-hybridized carbons (Fsp3) is 0.867. The molecule has 6 nitrogen and oxygen atoms in total. The Balaban J connectivity index is 1.80. The van der Waals surface area contributed by atoms with E-state index in [1.165, 1.54) is 25.7 Å². The van der Waals surface area contributed by atoms with Crippen molar-refractivity contribution in [2.24, 2.45) is 10.4 Å². The summed E-state index contributed by atoms with van der Waals surface area (Å²) in [6, 6.07) is 0.242. The Morgan fingerprint density at radius 2 is 2.24 bits per heavy atom. The van der Waals surface area contributed by atoms with Gasteiger partial charge < -0.3 is 21.1 Å². The summed E-state index contributed by atoms with van der Waals surface area (Å²) >= 11 is 0. The van der Waals surface area contributed by atoms with E-state index < -0.39 is 0 Å². The van der Waals surface area contributed by atoms with Gasteiger partial charge in [-0.2, -0.15) is 0 Å². The van der Waals surface area contributed by atoms with Crippen LogP contribution in [0.25, 0.3) is 0 Å². The highest BCUT2D eigenvalue weighted by Gasteiger charge is 2.33. The lowest BCUT2D eigenvalue weighted by Gasteiger charge is -2.31. The van der Waals surface area contributed by atoms with E-state index >= 15 is 0 Å². The van der Waals surface area contributed by atoms with E-state index in [1.807, 2.05) is 0 Å². The van der Waals surface area contributed by atoms with Gasteiger partial charge in [0.15, 0.2) is 5.96 Å². The maximum atomic E-state index is 11.2. The van der Waals surface area contributed by atoms with Crippen LogP contribution in [0.15, 0.2) is 4.99 Å². The zero-order valence-electron chi connectivity index (χ0n) is 13.0. The molecule has 0 aromatic rings. The molecular formula is C15H28N4O2. The first-order valence-electron chi connectivity index (χ1n) is 8.02. The number of piperidine rings is 1. The van der Waals surface area contributed by atoms with E-state index in [0.717, 1.165) is 25.3 Å². The Bertz CT molecular complexity index is 368. The Kier molecular flexibility index (Phi) is 5.85. The van der Waals surface area contributed by atoms with Crippen LogP contribution >= 0.6 is 0 Å². The molecule has 21 heavy (non-hydrogen) atoms. The number of hydrogen-bond acceptors (Lipinski definition) is 3. The van der Waals surface area contributed by atoms with Crippen LogP contribution in [0, 0.1) is 5.41 Å². The van der Waals surface area contributed by atoms with Crippen molar-refractivity contribution < 1.29 is 9.90 Å². The molecule has 0 bridgehead atoms. The van der Waals surface area contributed by atoms with Crippen molar-refractivity contribution in [2.75, 3.05) is 26.7 Å². The summed E-state index contributed by atoms with van der Waals surface area (Å²) in [7, 11) is 1.77. The molecule has 0 aromatic carbocycles. The maximum Gasteiger partial charge on any atom is 0.220 e. The molecule has 1 aliphatic heterocycles. The van der Waals surface area contributed by atoms with Crippen LogP contribution < -0.4 is 16.0 Å². The number of rotatable bonds is 5. The molecule has 6 heteroatoms. The van der Waals surface area contributed by atoms with Gasteiger partial charge in [0.05, 0.1) is 0 Å². The molecule has 1 unspecified atom stereocenters. The molecule has 120 valence electrons. The number of nitrogens with one attached hydrogen (secondary N) is 3. The van der Waals surface area contributed by atoms with Crippen molar-refractivity contribution in [1.29, 1.82) is 0 Å². The summed E-state index contributed by atoms with van der Waals surface area (Å²) in [6.07, 6.45) is 7.13. The Labute approximate surface area is 126 Å². The largest absolute Gasteiger partial charge is 0.396 e. The number of aliphatic hydroxyl groups is 1. The minimum absolute atomic E-state index is 0.129. The second kappa shape index (κ2) is 7.64. The Morgan fingerprint density at radius 1 is 1.48 bits per heavy atom. The van der Waals surface area contributed by atoms with Gasteiger partial charge >= 0.3 is 0 Å². The van der Waals surface area contributed by atoms with Gasteiger partial charge in [0.2, 0.25) is 5.91 Å². The van der Waals surface area contributed by atoms with E-state index in [2.05, 4.69) is 20.9 Å². The summed E-state index contributed by atoms with van der Waals surface area (Å²) in [4.78, 5) is 15.4. The smallest absolute Gasteiger partial charge is 0.220 e. The van der Waals surface area contributed by atoms with Gasteiger partial charge in [-0.15, -0.1) is 0 Å². The zero-order valence-corrected chi connectivity index (χ0v) is 13.0. The lowest BCUT2D eigenvalue weighted by molar-refractivity contribution is -0.122. The third kappa shape index (κ3) is 4.59. The van der Waals surface area contributed by atoms with Crippen LogP contribution in [0.5, 0.6) is 0 Å². The number of guanidine groups is 1. The molecule has 0 radical (unpaired) electrons. The molecule has 0 spiro atoms. The maximum absolute atomic E-state index is 11.2. The predicted molar refractivity (Wildman–Crippen MR) is 83.1 cm³/mol. The van der Waals surface area contributed by atoms with E-state index in [4.69, 9.17) is 0 Å². The first kappa shape index (κ1) is 16.1. The number of carbonyl (C=O) groups is 1. The van der Waals surface area contributed by atoms with Crippen molar-refractivity contribution >= 4 is 11.9 Å². The van der Waals surface area contributed by atoms with Crippen LogP contribution in [0.2, 0.25) is 0 Å². The molecule has 0 aromatic heterocycles. The Hall–Kier alpha value is -1.30. The van der Waals surface area contributed by atoms with Crippen molar-refractivity contribution in [3.63, 3.8) is 0 Å². The normalized spacial score (nSPS) is 25.5. The monoisotopic (exact) mass is 296 g/mol. The molecule has 1 amide bonds. The van der Waals surface area contributed by atoms with Gasteiger partial charge in [0, 0.05) is 39.2 Å². The first-order valence-corrected chi connectivity index (χ1v) is 8.02. The van der Waals surface area contributed by atoms with Crippen molar-refractivity contribution in [1.82, 2.24) is 16.0 Å². The van der Waals surface area contributed by atoms with E-state index in [9.17, 15) is 9.90 Å². The fourth-order valence-corrected chi connectivity index (χ4v) is 3.39. The van der Waals surface area contributed by atoms with Gasteiger partial charge in [0.25, 0.3) is 0 Å². The van der Waals surface area contributed by atoms with E-state index in [1.54, 1.807) is 7.05 Å². The highest BCUT2D eigenvalue weighted by molar-refractivity contribution is 5.81. The molecule has 4 N–H and O–H groups in total. The van der Waals surface area contributed by atoms with Gasteiger partial charge in [-0.3, -0.25) is 9.79 Å². The zero-order chi connectivity index (χ0) is 15.1. The van der Waals surface area contributed by atoms with E-state index in [0.29, 0.717) is 13.0 Å². The lowest BCUT2D eigenvalue weighted by Crippen LogP contribution is -2.52. The molecule has 1 aliphatic carbocycles. The van der Waals surface area contributed by atoms with Crippen LogP contribution in [0.3, 0.4) is 0 Å². The standard InChI is InChI=1S/C15H28N4O2/c1-16-14(19-12-4-5-13(21)17-10-12)18-11-15(8-9-20)6-2-3-7-15/h12,20H,2-11H2,1H3,(H,17,21)(H2,16,18,19). The third-order valence-electron chi connectivity index (χ3n) is 4.77. The number of aliphatic hydroxyl groups excluding tert-OH is 1. The quantitative estimate of drug-likeness (QED) is 0.436. The van der Waals surface area contributed by atoms with Gasteiger partial charge in [-0.25, -0.2) is 0 Å². The van der Waals surface area contributed by atoms with Gasteiger partial charge in [0.1, 0.15) is 0 Å². The summed E-state index contributed by atoms with van der Waals surface area (Å²) in [6.45, 7) is 1.76. The van der Waals surface area contributed by atoms with Crippen molar-refractivity contribution in [2.45, 2.75) is 51.0 Å². The van der Waals surface area contributed by atoms with E-state index in [-0.39, 0.29) is 24.0 Å². The molecular weight excluding hydrogens is 268 g/mol. The van der Waals surface area contributed by atoms with Gasteiger partial charge in [-0.1, -0.05) is 12.8 Å². The molecule has 1 saturated carbocycles. The van der Waals surface area contributed by atoms with Crippen molar-refractivity contribution in [3.05, 3.63) is 0 Å². The topological polar surface area (TPSA) is 85.8 Å². The summed E-state index contributed by atoms with van der Waals surface area (Å²) in [5, 5.41) is 18.9. The fourth-order valence-electron chi connectivity index (χ4n) is 3.39. The highest BCUT2D eigenvalue weighted by Crippen LogP contribution is 2.40. The molecule has 1 heterocycles. The number of amides is 1. The highest BCUT2D eigenvalue weighted by atomic mass is 16.3. The van der Waals surface area contributed by atoms with Crippen LogP contribution in [0.1, 0.15) is 44.9 Å². The molecule has 2 aliphatic rings. The minimum atomic E-state index is 0.129. The summed E-state index contributed by atoms with van der Waals surface area (Å²) in [5.41, 5.74) is 0.215. The van der Waals surface area contributed by atoms with Crippen LogP contribution in [-0.2, 0) is 4.79 Å². The second-order valence-electron chi connectivity index (χ2n) is 6.29. The average molecular weight is 296 g/mol. The predicted octanol–water partition coefficient (Wildman–Crippen LogP) is 0.373. The first-order chi connectivity index (χ1) is 10.2. The number of carbonyl (C=O) groups excluding carboxylic acids is 1. The average Bonchev–Trinajstić information content (AvgIpc) is 2.95. The molecule has 2 rings (SSSR count). The SMILES string of the molecule is CN=C(NCC1(CCO)CCCC1)NC1CCC(=O)NC1. The molecule has 1 atom stereocenters. The van der Waals surface area contributed by atoms with Gasteiger partial charge in [-0.05, 0) is 31.1 Å². The van der Waals surface area contributed by atoms with Crippen LogP contribution in [0.4, 0.5) is 0 Å². The number of nitrogens with zero attached hydrogens (tertiary/aromatic N) is 1. The minimum Gasteiger partial charge on any atom is -0.396 e. The molecule has 1 saturated heterocycles. The lowest BCUT2D eigenvalue weighted by atomic mass is 9.83. The molecule has 2 fully saturated rings. The third-order valence-corrected chi connectivity index (χ3v) is 4.77. The summed E-state index contributed by atoms with van der Waals surface area (Å²) < 4.78 is 0. The van der Waals surface area contributed by atoms with Crippen molar-refractivity contribution in [3.8, 4) is 0 Å². The van der Waals surface area contributed by atoms with Crippen LogP contribution in [-0.4, -0.2) is 49.8 Å². The summed E-state index contributed by atoms with van der Waals surface area (Å²) in [5.74, 6) is 0.921. The number of aliphatic imine (C=N–C) groups is 1. The second-order valence-corrected chi connectivity index (χ2v) is 6.29. The Morgan fingerprint density at radius 3 is 2.81 bits per heavy atom. The number of hydrogen-bond donors (Lipinski definition) is 4.